The molecule has 0 radical (unpaired) electrons. The van der Waals surface area contributed by atoms with Gasteiger partial charge in [-0.25, -0.2) is 14.4 Å². The Bertz CT molecular complexity index is 624. The fourth-order valence-electron chi connectivity index (χ4n) is 2.58. The first-order chi connectivity index (χ1) is 10.6. The molecule has 5 nitrogen and oxygen atoms in total. The van der Waals surface area contributed by atoms with Crippen molar-refractivity contribution in [3.8, 4) is 0 Å². The van der Waals surface area contributed by atoms with Gasteiger partial charge in [-0.15, -0.1) is 12.4 Å². The van der Waals surface area contributed by atoms with Gasteiger partial charge in [0.25, 0.3) is 0 Å². The molecule has 7 heteroatoms. The molecule has 0 amide bonds. The van der Waals surface area contributed by atoms with Gasteiger partial charge >= 0.3 is 0 Å². The van der Waals surface area contributed by atoms with E-state index in [-0.39, 0.29) is 18.2 Å². The molecule has 1 aliphatic heterocycles. The van der Waals surface area contributed by atoms with Crippen LogP contribution in [0.3, 0.4) is 0 Å². The van der Waals surface area contributed by atoms with Crippen LogP contribution in [-0.4, -0.2) is 36.1 Å². The number of anilines is 1. The lowest BCUT2D eigenvalue weighted by Gasteiger charge is -2.29. The summed E-state index contributed by atoms with van der Waals surface area (Å²) in [4.78, 5) is 11.0. The van der Waals surface area contributed by atoms with Gasteiger partial charge in [-0.3, -0.25) is 0 Å². The number of aromatic nitrogens is 2. The minimum absolute atomic E-state index is 0. The largest absolute Gasteiger partial charge is 0.338 e. The van der Waals surface area contributed by atoms with Crippen molar-refractivity contribution in [3.63, 3.8) is 0 Å². The Kier molecular flexibility index (Phi) is 5.51. The third-order valence-electron chi connectivity index (χ3n) is 4.08. The van der Waals surface area contributed by atoms with Crippen molar-refractivity contribution in [2.75, 3.05) is 31.1 Å². The van der Waals surface area contributed by atoms with E-state index in [2.05, 4.69) is 20.2 Å². The summed E-state index contributed by atoms with van der Waals surface area (Å²) in [5.41, 5.74) is 7.29. The van der Waals surface area contributed by atoms with Crippen LogP contribution in [0.4, 0.5) is 10.3 Å². The van der Waals surface area contributed by atoms with Crippen molar-refractivity contribution in [2.24, 2.45) is 5.73 Å². The maximum absolute atomic E-state index is 13.1. The van der Waals surface area contributed by atoms with Crippen LogP contribution >= 0.6 is 12.4 Å². The average Bonchev–Trinajstić information content (AvgIpc) is 2.56. The normalized spacial score (nSPS) is 17.3. The quantitative estimate of drug-likeness (QED) is 0.891. The fourth-order valence-corrected chi connectivity index (χ4v) is 2.58. The Morgan fingerprint density at radius 2 is 1.65 bits per heavy atom. The van der Waals surface area contributed by atoms with E-state index in [1.807, 2.05) is 6.92 Å². The molecule has 1 atom stereocenters. The van der Waals surface area contributed by atoms with E-state index < -0.39 is 5.54 Å². The number of rotatable bonds is 3. The highest BCUT2D eigenvalue weighted by molar-refractivity contribution is 5.85. The van der Waals surface area contributed by atoms with Crippen LogP contribution in [0.25, 0.3) is 0 Å². The average molecular weight is 338 g/mol. The maximum atomic E-state index is 13.1. The molecule has 0 bridgehead atoms. The molecule has 124 valence electrons. The molecule has 1 fully saturated rings. The summed E-state index contributed by atoms with van der Waals surface area (Å²) in [6.07, 6.45) is 3.52. The van der Waals surface area contributed by atoms with E-state index in [9.17, 15) is 4.39 Å². The minimum atomic E-state index is -0.754. The highest BCUT2D eigenvalue weighted by Gasteiger charge is 2.25. The maximum Gasteiger partial charge on any atom is 0.225 e. The van der Waals surface area contributed by atoms with E-state index in [4.69, 9.17) is 5.73 Å². The Labute approximate surface area is 141 Å². The predicted molar refractivity (Wildman–Crippen MR) is 91.4 cm³/mol. The predicted octanol–water partition coefficient (Wildman–Crippen LogP) is 1.67. The van der Waals surface area contributed by atoms with Gasteiger partial charge in [0.05, 0.1) is 5.54 Å². The molecule has 0 aliphatic carbocycles. The number of hydrogen-bond donors (Lipinski definition) is 2. The summed E-state index contributed by atoms with van der Waals surface area (Å²) < 4.78 is 13.1. The number of hydrogen-bond acceptors (Lipinski definition) is 5. The summed E-state index contributed by atoms with van der Waals surface area (Å²) >= 11 is 0. The van der Waals surface area contributed by atoms with E-state index in [0.29, 0.717) is 0 Å². The molecule has 1 aromatic carbocycles. The second kappa shape index (κ2) is 7.21. The number of nitrogens with two attached hydrogens (primary N) is 1. The fraction of sp³-hybridized carbons (Fsp3) is 0.375. The van der Waals surface area contributed by atoms with Crippen molar-refractivity contribution >= 4 is 18.4 Å². The smallest absolute Gasteiger partial charge is 0.225 e. The van der Waals surface area contributed by atoms with Gasteiger partial charge < -0.3 is 16.0 Å². The Morgan fingerprint density at radius 1 is 1.09 bits per heavy atom. The summed E-state index contributed by atoms with van der Waals surface area (Å²) in [5.74, 6) is 0.449. The first-order valence-electron chi connectivity index (χ1n) is 7.40. The molecule has 0 spiro atoms. The molecule has 1 aliphatic rings. The lowest BCUT2D eigenvalue weighted by molar-refractivity contribution is 0.572. The van der Waals surface area contributed by atoms with Crippen LogP contribution < -0.4 is 16.0 Å². The molecule has 1 saturated heterocycles. The molecule has 23 heavy (non-hydrogen) atoms. The van der Waals surface area contributed by atoms with Crippen LogP contribution in [0, 0.1) is 5.82 Å². The first-order valence-corrected chi connectivity index (χ1v) is 7.40. The molecule has 1 aromatic heterocycles. The molecule has 2 aromatic rings. The lowest BCUT2D eigenvalue weighted by Crippen LogP contribution is -2.44. The van der Waals surface area contributed by atoms with E-state index in [1.54, 1.807) is 24.5 Å². The Morgan fingerprint density at radius 3 is 2.22 bits per heavy atom. The van der Waals surface area contributed by atoms with Gasteiger partial charge in [-0.05, 0) is 24.6 Å². The molecule has 0 unspecified atom stereocenters. The van der Waals surface area contributed by atoms with E-state index in [1.165, 1.54) is 12.1 Å². The topological polar surface area (TPSA) is 67.1 Å². The third kappa shape index (κ3) is 3.77. The third-order valence-corrected chi connectivity index (χ3v) is 4.08. The second-order valence-corrected chi connectivity index (χ2v) is 5.72. The highest BCUT2D eigenvalue weighted by Crippen LogP contribution is 2.26. The number of nitrogens with one attached hydrogen (secondary N) is 1. The molecule has 2 heterocycles. The summed E-state index contributed by atoms with van der Waals surface area (Å²) in [7, 11) is 0. The van der Waals surface area contributed by atoms with Crippen LogP contribution in [0.5, 0.6) is 0 Å². The highest BCUT2D eigenvalue weighted by atomic mass is 35.5. The monoisotopic (exact) mass is 337 g/mol. The summed E-state index contributed by atoms with van der Waals surface area (Å²) in [6, 6.07) is 6.21. The minimum Gasteiger partial charge on any atom is -0.338 e. The van der Waals surface area contributed by atoms with Gasteiger partial charge in [0, 0.05) is 44.1 Å². The van der Waals surface area contributed by atoms with Gasteiger partial charge in [0.1, 0.15) is 5.82 Å². The van der Waals surface area contributed by atoms with E-state index >= 15 is 0 Å². The number of halogens is 2. The van der Waals surface area contributed by atoms with Crippen molar-refractivity contribution in [1.29, 1.82) is 0 Å². The SMILES string of the molecule is C[C@](N)(c1ccc(F)cc1)c1cnc(N2CCNCC2)nc1.Cl. The molecular weight excluding hydrogens is 317 g/mol. The number of benzene rings is 1. The zero-order valence-electron chi connectivity index (χ0n) is 13.0. The van der Waals surface area contributed by atoms with Crippen molar-refractivity contribution < 1.29 is 4.39 Å². The van der Waals surface area contributed by atoms with Crippen LogP contribution in [0.2, 0.25) is 0 Å². The van der Waals surface area contributed by atoms with Crippen molar-refractivity contribution in [3.05, 3.63) is 53.6 Å². The Hall–Kier alpha value is -1.76. The van der Waals surface area contributed by atoms with Gasteiger partial charge in [0.15, 0.2) is 0 Å². The van der Waals surface area contributed by atoms with Gasteiger partial charge in [-0.2, -0.15) is 0 Å². The first kappa shape index (κ1) is 17.6. The second-order valence-electron chi connectivity index (χ2n) is 5.72. The Balaban J connectivity index is 0.00000192. The van der Waals surface area contributed by atoms with Crippen LogP contribution in [0.15, 0.2) is 36.7 Å². The van der Waals surface area contributed by atoms with Crippen molar-refractivity contribution in [1.82, 2.24) is 15.3 Å². The molecule has 3 rings (SSSR count). The zero-order valence-corrected chi connectivity index (χ0v) is 13.8. The lowest BCUT2D eigenvalue weighted by atomic mass is 9.87. The molecular formula is C16H21ClFN5. The zero-order chi connectivity index (χ0) is 15.6. The number of piperazine rings is 1. The van der Waals surface area contributed by atoms with Gasteiger partial charge in [-0.1, -0.05) is 12.1 Å². The summed E-state index contributed by atoms with van der Waals surface area (Å²) in [5, 5.41) is 3.30. The van der Waals surface area contributed by atoms with Gasteiger partial charge in [0.2, 0.25) is 5.95 Å². The van der Waals surface area contributed by atoms with Crippen LogP contribution in [0.1, 0.15) is 18.1 Å². The molecule has 0 saturated carbocycles. The van der Waals surface area contributed by atoms with Crippen molar-refractivity contribution in [2.45, 2.75) is 12.5 Å². The van der Waals surface area contributed by atoms with Crippen LogP contribution in [-0.2, 0) is 5.54 Å². The van der Waals surface area contributed by atoms with E-state index in [0.717, 1.165) is 43.3 Å². The standard InChI is InChI=1S/C16H20FN5.ClH/c1-16(18,12-2-4-14(17)5-3-12)13-10-20-15(21-11-13)22-8-6-19-7-9-22;/h2-5,10-11,19H,6-9,18H2,1H3;1H/t16-;/m0./s1. The summed E-state index contributed by atoms with van der Waals surface area (Å²) in [6.45, 7) is 5.56. The number of nitrogens with zero attached hydrogens (tertiary/aromatic N) is 3. The molecule has 3 N–H and O–H groups in total.